The molecule has 0 heterocycles. The molecule has 1 atom stereocenters. The summed E-state index contributed by atoms with van der Waals surface area (Å²) in [5.74, 6) is 0. The van der Waals surface area contributed by atoms with E-state index in [1.807, 2.05) is 37.3 Å². The van der Waals surface area contributed by atoms with Crippen LogP contribution in [0.25, 0.3) is 0 Å². The first-order valence-electron chi connectivity index (χ1n) is 5.34. The molecule has 2 aromatic carbocycles. The first kappa shape index (κ1) is 14.2. The molecule has 2 aromatic rings. The van der Waals surface area contributed by atoms with Crippen molar-refractivity contribution in [1.29, 1.82) is 0 Å². The molecule has 0 N–H and O–H groups in total. The van der Waals surface area contributed by atoms with Crippen LogP contribution in [0.2, 0.25) is 15.1 Å². The van der Waals surface area contributed by atoms with E-state index in [9.17, 15) is 0 Å². The van der Waals surface area contributed by atoms with E-state index >= 15 is 0 Å². The van der Waals surface area contributed by atoms with Gasteiger partial charge in [-0.2, -0.15) is 0 Å². The van der Waals surface area contributed by atoms with E-state index in [2.05, 4.69) is 15.9 Å². The molecule has 0 spiro atoms. The van der Waals surface area contributed by atoms with Gasteiger partial charge in [0.15, 0.2) is 0 Å². The molecule has 0 radical (unpaired) electrons. The third kappa shape index (κ3) is 2.85. The number of hydrogen-bond donors (Lipinski definition) is 0. The molecule has 94 valence electrons. The fourth-order valence-electron chi connectivity index (χ4n) is 1.74. The summed E-state index contributed by atoms with van der Waals surface area (Å²) in [7, 11) is 0. The van der Waals surface area contributed by atoms with E-state index in [1.165, 1.54) is 0 Å². The molecular formula is C14H10BrCl3. The molecule has 0 saturated carbocycles. The third-order valence-electron chi connectivity index (χ3n) is 2.73. The van der Waals surface area contributed by atoms with Crippen LogP contribution < -0.4 is 0 Å². The van der Waals surface area contributed by atoms with Crippen LogP contribution in [-0.2, 0) is 0 Å². The molecule has 0 aliphatic carbocycles. The minimum absolute atomic E-state index is 0.0466. The fraction of sp³-hybridized carbons (Fsp3) is 0.143. The van der Waals surface area contributed by atoms with Crippen LogP contribution in [0.5, 0.6) is 0 Å². The van der Waals surface area contributed by atoms with Gasteiger partial charge < -0.3 is 0 Å². The zero-order chi connectivity index (χ0) is 13.3. The van der Waals surface area contributed by atoms with Gasteiger partial charge in [-0.25, -0.2) is 0 Å². The monoisotopic (exact) mass is 362 g/mol. The van der Waals surface area contributed by atoms with Crippen LogP contribution >= 0.6 is 50.7 Å². The standard InChI is InChI=1S/C14H10BrCl3/c1-8-3-2-4-11(14(8)18)13(15)10-6-5-9(16)7-12(10)17/h2-7,13H,1H3. The van der Waals surface area contributed by atoms with Gasteiger partial charge >= 0.3 is 0 Å². The van der Waals surface area contributed by atoms with Gasteiger partial charge in [-0.1, -0.05) is 75.0 Å². The van der Waals surface area contributed by atoms with Crippen molar-refractivity contribution in [3.05, 3.63) is 68.2 Å². The van der Waals surface area contributed by atoms with Gasteiger partial charge in [0.2, 0.25) is 0 Å². The smallest absolute Gasteiger partial charge is 0.0673 e. The molecule has 0 aliphatic heterocycles. The Hall–Kier alpha value is -0.210. The fourth-order valence-corrected chi connectivity index (χ4v) is 3.54. The maximum atomic E-state index is 6.32. The van der Waals surface area contributed by atoms with Crippen LogP contribution in [0.1, 0.15) is 21.5 Å². The summed E-state index contributed by atoms with van der Waals surface area (Å²) in [4.78, 5) is -0.0466. The van der Waals surface area contributed by atoms with E-state index < -0.39 is 0 Å². The Bertz CT molecular complexity index is 581. The van der Waals surface area contributed by atoms with E-state index in [0.717, 1.165) is 21.7 Å². The van der Waals surface area contributed by atoms with Crippen molar-refractivity contribution in [3.8, 4) is 0 Å². The summed E-state index contributed by atoms with van der Waals surface area (Å²) in [5, 5.41) is 2.01. The number of rotatable bonds is 2. The number of halogens is 4. The van der Waals surface area contributed by atoms with Gasteiger partial charge in [0.1, 0.15) is 0 Å². The number of hydrogen-bond acceptors (Lipinski definition) is 0. The number of benzene rings is 2. The summed E-state index contributed by atoms with van der Waals surface area (Å²) in [5.41, 5.74) is 3.00. The van der Waals surface area contributed by atoms with E-state index in [-0.39, 0.29) is 4.83 Å². The highest BCUT2D eigenvalue weighted by atomic mass is 79.9. The predicted octanol–water partition coefficient (Wildman–Crippen LogP) is 6.44. The first-order valence-corrected chi connectivity index (χ1v) is 7.39. The van der Waals surface area contributed by atoms with E-state index in [0.29, 0.717) is 10.0 Å². The lowest BCUT2D eigenvalue weighted by Crippen LogP contribution is -1.96. The molecule has 0 amide bonds. The maximum absolute atomic E-state index is 6.32. The van der Waals surface area contributed by atoms with Crippen molar-refractivity contribution in [3.63, 3.8) is 0 Å². The van der Waals surface area contributed by atoms with Gasteiger partial charge in [-0.15, -0.1) is 0 Å². The zero-order valence-electron chi connectivity index (χ0n) is 9.55. The van der Waals surface area contributed by atoms with Crippen LogP contribution in [0.3, 0.4) is 0 Å². The average molecular weight is 364 g/mol. The lowest BCUT2D eigenvalue weighted by Gasteiger charge is -2.15. The van der Waals surface area contributed by atoms with Crippen molar-refractivity contribution in [2.75, 3.05) is 0 Å². The highest BCUT2D eigenvalue weighted by Crippen LogP contribution is 2.39. The Balaban J connectivity index is 2.48. The molecular weight excluding hydrogens is 354 g/mol. The van der Waals surface area contributed by atoms with Crippen LogP contribution in [0, 0.1) is 6.92 Å². The lowest BCUT2D eigenvalue weighted by atomic mass is 10.0. The van der Waals surface area contributed by atoms with Crippen molar-refractivity contribution in [1.82, 2.24) is 0 Å². The second-order valence-electron chi connectivity index (χ2n) is 4.01. The van der Waals surface area contributed by atoms with Gasteiger partial charge in [-0.3, -0.25) is 0 Å². The van der Waals surface area contributed by atoms with Crippen molar-refractivity contribution in [2.24, 2.45) is 0 Å². The summed E-state index contributed by atoms with van der Waals surface area (Å²) >= 11 is 22.1. The summed E-state index contributed by atoms with van der Waals surface area (Å²) < 4.78 is 0. The summed E-state index contributed by atoms with van der Waals surface area (Å²) in [6.07, 6.45) is 0. The van der Waals surface area contributed by atoms with Gasteiger partial charge in [0.05, 0.1) is 4.83 Å². The average Bonchev–Trinajstić information content (AvgIpc) is 2.32. The topological polar surface area (TPSA) is 0 Å². The SMILES string of the molecule is Cc1cccc(C(Br)c2ccc(Cl)cc2Cl)c1Cl. The van der Waals surface area contributed by atoms with Crippen molar-refractivity contribution < 1.29 is 0 Å². The minimum Gasteiger partial charge on any atom is -0.0843 e. The van der Waals surface area contributed by atoms with Gasteiger partial charge in [-0.05, 0) is 35.7 Å². The molecule has 0 aromatic heterocycles. The van der Waals surface area contributed by atoms with Crippen molar-refractivity contribution in [2.45, 2.75) is 11.8 Å². The quantitative estimate of drug-likeness (QED) is 0.538. The number of alkyl halides is 1. The molecule has 18 heavy (non-hydrogen) atoms. The highest BCUT2D eigenvalue weighted by Gasteiger charge is 2.17. The van der Waals surface area contributed by atoms with Crippen LogP contribution in [0.15, 0.2) is 36.4 Å². The first-order chi connectivity index (χ1) is 8.50. The molecule has 0 fully saturated rings. The molecule has 0 bridgehead atoms. The Kier molecular flexibility index (Phi) is 4.60. The maximum Gasteiger partial charge on any atom is 0.0673 e. The highest BCUT2D eigenvalue weighted by molar-refractivity contribution is 9.09. The van der Waals surface area contributed by atoms with E-state index in [1.54, 1.807) is 6.07 Å². The second kappa shape index (κ2) is 5.83. The summed E-state index contributed by atoms with van der Waals surface area (Å²) in [6, 6.07) is 11.4. The Morgan fingerprint density at radius 1 is 1.00 bits per heavy atom. The van der Waals surface area contributed by atoms with Crippen LogP contribution in [0.4, 0.5) is 0 Å². The normalized spacial score (nSPS) is 12.5. The van der Waals surface area contributed by atoms with Gasteiger partial charge in [0.25, 0.3) is 0 Å². The Morgan fingerprint density at radius 2 is 1.72 bits per heavy atom. The van der Waals surface area contributed by atoms with Crippen LogP contribution in [-0.4, -0.2) is 0 Å². The minimum atomic E-state index is -0.0466. The lowest BCUT2D eigenvalue weighted by molar-refractivity contribution is 1.17. The number of aryl methyl sites for hydroxylation is 1. The predicted molar refractivity (Wildman–Crippen MR) is 83.4 cm³/mol. The van der Waals surface area contributed by atoms with E-state index in [4.69, 9.17) is 34.8 Å². The Morgan fingerprint density at radius 3 is 2.39 bits per heavy atom. The third-order valence-corrected chi connectivity index (χ3v) is 4.80. The van der Waals surface area contributed by atoms with Gasteiger partial charge in [0, 0.05) is 15.1 Å². The largest absolute Gasteiger partial charge is 0.0843 e. The Labute approximate surface area is 130 Å². The molecule has 0 nitrogen and oxygen atoms in total. The summed E-state index contributed by atoms with van der Waals surface area (Å²) in [6.45, 7) is 1.98. The second-order valence-corrected chi connectivity index (χ2v) is 6.14. The molecule has 1 unspecified atom stereocenters. The zero-order valence-corrected chi connectivity index (χ0v) is 13.4. The molecule has 0 saturated heterocycles. The van der Waals surface area contributed by atoms with Crippen molar-refractivity contribution >= 4 is 50.7 Å². The molecule has 4 heteroatoms. The molecule has 0 aliphatic rings. The molecule has 2 rings (SSSR count).